The molecule has 0 aromatic heterocycles. The first-order chi connectivity index (χ1) is 8.53. The van der Waals surface area contributed by atoms with Gasteiger partial charge in [0.1, 0.15) is 9.84 Å². The molecule has 0 saturated heterocycles. The highest BCUT2D eigenvalue weighted by atomic mass is 32.2. The number of rotatable bonds is 8. The van der Waals surface area contributed by atoms with Crippen molar-refractivity contribution in [1.82, 2.24) is 10.2 Å². The molecule has 2 unspecified atom stereocenters. The summed E-state index contributed by atoms with van der Waals surface area (Å²) in [6.45, 7) is 4.77. The minimum Gasteiger partial charge on any atom is -0.350 e. The number of nitrogens with two attached hydrogens (primary N) is 1. The Morgan fingerprint density at radius 1 is 1.32 bits per heavy atom. The van der Waals surface area contributed by atoms with Crippen molar-refractivity contribution in [3.05, 3.63) is 0 Å². The van der Waals surface area contributed by atoms with Gasteiger partial charge in [0.15, 0.2) is 0 Å². The average Bonchev–Trinajstić information content (AvgIpc) is 2.22. The third kappa shape index (κ3) is 8.96. The maximum Gasteiger partial charge on any atom is 0.237 e. The van der Waals surface area contributed by atoms with Gasteiger partial charge in [-0.05, 0) is 26.4 Å². The largest absolute Gasteiger partial charge is 0.350 e. The van der Waals surface area contributed by atoms with Crippen LogP contribution in [0.15, 0.2) is 0 Å². The van der Waals surface area contributed by atoms with Gasteiger partial charge in [0, 0.05) is 18.8 Å². The fraction of sp³-hybridized carbons (Fsp3) is 0.917. The number of likely N-dealkylation sites (N-methyl/N-ethyl adjacent to an activating group) is 1. The summed E-state index contributed by atoms with van der Waals surface area (Å²) in [5, 5.41) is 2.88. The lowest BCUT2D eigenvalue weighted by Gasteiger charge is -2.26. The zero-order chi connectivity index (χ0) is 15.2. The molecule has 0 fully saturated rings. The molecule has 3 N–H and O–H groups in total. The van der Waals surface area contributed by atoms with Crippen LogP contribution in [0.4, 0.5) is 0 Å². The van der Waals surface area contributed by atoms with E-state index in [1.165, 1.54) is 0 Å². The van der Waals surface area contributed by atoms with Crippen LogP contribution in [0, 0.1) is 5.92 Å². The second-order valence-corrected chi connectivity index (χ2v) is 7.91. The first-order valence-electron chi connectivity index (χ1n) is 6.41. The van der Waals surface area contributed by atoms with Crippen LogP contribution in [0.25, 0.3) is 0 Å². The van der Waals surface area contributed by atoms with Gasteiger partial charge in [0.25, 0.3) is 0 Å². The lowest BCUT2D eigenvalue weighted by molar-refractivity contribution is -0.123. The maximum atomic E-state index is 11.9. The standard InChI is InChI=1S/C12H27N3O3S/c1-9(2)11(8-15(3)4)14-12(16)10(13)6-7-19(5,17)18/h9-11H,6-8,13H2,1-5H3,(H,14,16). The molecule has 0 aromatic rings. The van der Waals surface area contributed by atoms with Crippen LogP contribution in [0.1, 0.15) is 20.3 Å². The van der Waals surface area contributed by atoms with E-state index in [-0.39, 0.29) is 30.0 Å². The molecule has 7 heteroatoms. The average molecular weight is 293 g/mol. The molecule has 0 bridgehead atoms. The van der Waals surface area contributed by atoms with Crippen molar-refractivity contribution >= 4 is 15.7 Å². The predicted octanol–water partition coefficient (Wildman–Crippen LogP) is -0.549. The van der Waals surface area contributed by atoms with E-state index < -0.39 is 15.9 Å². The zero-order valence-corrected chi connectivity index (χ0v) is 13.3. The molecule has 0 aliphatic heterocycles. The Morgan fingerprint density at radius 2 is 1.84 bits per heavy atom. The smallest absolute Gasteiger partial charge is 0.237 e. The van der Waals surface area contributed by atoms with E-state index >= 15 is 0 Å². The predicted molar refractivity (Wildman–Crippen MR) is 77.6 cm³/mol. The Bertz CT molecular complexity index is 380. The highest BCUT2D eigenvalue weighted by Crippen LogP contribution is 2.04. The van der Waals surface area contributed by atoms with Gasteiger partial charge in [-0.3, -0.25) is 4.79 Å². The summed E-state index contributed by atoms with van der Waals surface area (Å²) >= 11 is 0. The lowest BCUT2D eigenvalue weighted by Crippen LogP contribution is -2.51. The van der Waals surface area contributed by atoms with Gasteiger partial charge < -0.3 is 16.0 Å². The highest BCUT2D eigenvalue weighted by Gasteiger charge is 2.21. The first kappa shape index (κ1) is 18.3. The van der Waals surface area contributed by atoms with Crippen LogP contribution >= 0.6 is 0 Å². The summed E-state index contributed by atoms with van der Waals surface area (Å²) in [5.74, 6) is -0.0700. The van der Waals surface area contributed by atoms with Crippen LogP contribution < -0.4 is 11.1 Å². The van der Waals surface area contributed by atoms with E-state index in [1.807, 2.05) is 32.8 Å². The van der Waals surface area contributed by atoms with Gasteiger partial charge in [0.2, 0.25) is 5.91 Å². The summed E-state index contributed by atoms with van der Waals surface area (Å²) < 4.78 is 22.1. The third-order valence-corrected chi connectivity index (χ3v) is 3.81. The molecule has 6 nitrogen and oxygen atoms in total. The second kappa shape index (κ2) is 7.81. The first-order valence-corrected chi connectivity index (χ1v) is 8.47. The molecule has 0 heterocycles. The molecule has 0 spiro atoms. The summed E-state index contributed by atoms with van der Waals surface area (Å²) in [5.41, 5.74) is 5.71. The molecule has 0 radical (unpaired) electrons. The van der Waals surface area contributed by atoms with Crippen molar-refractivity contribution in [1.29, 1.82) is 0 Å². The highest BCUT2D eigenvalue weighted by molar-refractivity contribution is 7.90. The van der Waals surface area contributed by atoms with E-state index in [2.05, 4.69) is 5.32 Å². The number of sulfone groups is 1. The van der Waals surface area contributed by atoms with Crippen molar-refractivity contribution in [2.24, 2.45) is 11.7 Å². The van der Waals surface area contributed by atoms with Gasteiger partial charge in [0.05, 0.1) is 11.8 Å². The van der Waals surface area contributed by atoms with Crippen molar-refractivity contribution < 1.29 is 13.2 Å². The Kier molecular flexibility index (Phi) is 7.54. The van der Waals surface area contributed by atoms with E-state index in [4.69, 9.17) is 5.73 Å². The van der Waals surface area contributed by atoms with Gasteiger partial charge in [-0.15, -0.1) is 0 Å². The van der Waals surface area contributed by atoms with E-state index in [1.54, 1.807) is 0 Å². The minimum absolute atomic E-state index is 0.00628. The minimum atomic E-state index is -3.08. The molecule has 0 aromatic carbocycles. The fourth-order valence-corrected chi connectivity index (χ4v) is 2.26. The van der Waals surface area contributed by atoms with Crippen LogP contribution in [-0.4, -0.2) is 64.0 Å². The van der Waals surface area contributed by atoms with Crippen molar-refractivity contribution in [3.8, 4) is 0 Å². The van der Waals surface area contributed by atoms with Crippen LogP contribution in [0.5, 0.6) is 0 Å². The van der Waals surface area contributed by atoms with Gasteiger partial charge in [-0.2, -0.15) is 0 Å². The fourth-order valence-electron chi connectivity index (χ4n) is 1.58. The molecular weight excluding hydrogens is 266 g/mol. The Labute approximate surface area is 116 Å². The van der Waals surface area contributed by atoms with E-state index in [9.17, 15) is 13.2 Å². The Morgan fingerprint density at radius 3 is 2.21 bits per heavy atom. The number of carbonyl (C=O) groups is 1. The number of hydrogen-bond donors (Lipinski definition) is 2. The van der Waals surface area contributed by atoms with Crippen molar-refractivity contribution in [3.63, 3.8) is 0 Å². The molecule has 114 valence electrons. The SMILES string of the molecule is CC(C)C(CN(C)C)NC(=O)C(N)CCS(C)(=O)=O. The molecule has 1 amide bonds. The topological polar surface area (TPSA) is 92.5 Å². The van der Waals surface area contributed by atoms with Crippen LogP contribution in [0.2, 0.25) is 0 Å². The van der Waals surface area contributed by atoms with Crippen LogP contribution in [0.3, 0.4) is 0 Å². The van der Waals surface area contributed by atoms with Gasteiger partial charge in [-0.25, -0.2) is 8.42 Å². The maximum absolute atomic E-state index is 11.9. The number of hydrogen-bond acceptors (Lipinski definition) is 5. The Hall–Kier alpha value is -0.660. The van der Waals surface area contributed by atoms with Gasteiger partial charge >= 0.3 is 0 Å². The quantitative estimate of drug-likeness (QED) is 0.626. The molecule has 0 rings (SSSR count). The molecule has 0 saturated carbocycles. The Balaban J connectivity index is 4.39. The van der Waals surface area contributed by atoms with E-state index in [0.717, 1.165) is 12.8 Å². The third-order valence-electron chi connectivity index (χ3n) is 2.83. The molecule has 0 aliphatic rings. The summed E-state index contributed by atoms with van der Waals surface area (Å²) in [6.07, 6.45) is 1.29. The molecule has 0 aliphatic carbocycles. The summed E-state index contributed by atoms with van der Waals surface area (Å²) in [6, 6.07) is -0.773. The number of carbonyl (C=O) groups excluding carboxylic acids is 1. The number of nitrogens with zero attached hydrogens (tertiary/aromatic N) is 1. The second-order valence-electron chi connectivity index (χ2n) is 5.65. The summed E-state index contributed by atoms with van der Waals surface area (Å²) in [4.78, 5) is 13.9. The van der Waals surface area contributed by atoms with Crippen LogP contribution in [-0.2, 0) is 14.6 Å². The van der Waals surface area contributed by atoms with Crippen molar-refractivity contribution in [2.45, 2.75) is 32.4 Å². The molecule has 19 heavy (non-hydrogen) atoms. The zero-order valence-electron chi connectivity index (χ0n) is 12.5. The lowest BCUT2D eigenvalue weighted by atomic mass is 10.0. The monoisotopic (exact) mass is 293 g/mol. The summed E-state index contributed by atoms with van der Waals surface area (Å²) in [7, 11) is 0.787. The van der Waals surface area contributed by atoms with Crippen molar-refractivity contribution in [2.75, 3.05) is 32.6 Å². The molecular formula is C12H27N3O3S. The van der Waals surface area contributed by atoms with Gasteiger partial charge in [-0.1, -0.05) is 13.8 Å². The number of amides is 1. The molecule has 2 atom stereocenters. The van der Waals surface area contributed by atoms with E-state index in [0.29, 0.717) is 0 Å². The number of nitrogens with one attached hydrogen (secondary N) is 1. The normalized spacial score (nSPS) is 15.6.